The van der Waals surface area contributed by atoms with E-state index < -0.39 is 0 Å². The molecule has 0 saturated heterocycles. The molecule has 0 radical (unpaired) electrons. The lowest BCUT2D eigenvalue weighted by Crippen LogP contribution is -2.29. The molecule has 0 aliphatic carbocycles. The number of nitrogens with one attached hydrogen (secondary N) is 1. The molecule has 0 fully saturated rings. The van der Waals surface area contributed by atoms with E-state index in [4.69, 9.17) is 4.74 Å². The van der Waals surface area contributed by atoms with Gasteiger partial charge < -0.3 is 10.1 Å². The second-order valence-electron chi connectivity index (χ2n) is 5.79. The van der Waals surface area contributed by atoms with Gasteiger partial charge in [-0.05, 0) is 37.6 Å². The first-order valence-corrected chi connectivity index (χ1v) is 8.04. The van der Waals surface area contributed by atoms with Crippen LogP contribution in [-0.2, 0) is 11.3 Å². The number of rotatable bonds is 6. The van der Waals surface area contributed by atoms with Gasteiger partial charge in [0.05, 0.1) is 6.54 Å². The number of ether oxygens (including phenoxy) is 1. The van der Waals surface area contributed by atoms with Gasteiger partial charge in [0.1, 0.15) is 12.1 Å². The van der Waals surface area contributed by atoms with Crippen molar-refractivity contribution in [2.24, 2.45) is 0 Å². The Hall–Kier alpha value is -3.15. The van der Waals surface area contributed by atoms with Crippen LogP contribution in [0.3, 0.4) is 0 Å². The second kappa shape index (κ2) is 7.61. The summed E-state index contributed by atoms with van der Waals surface area (Å²) in [5, 5.41) is 10.8. The Balaban J connectivity index is 1.56. The van der Waals surface area contributed by atoms with E-state index in [1.165, 1.54) is 0 Å². The third-order valence-electron chi connectivity index (χ3n) is 3.79. The quantitative estimate of drug-likeness (QED) is 0.751. The summed E-state index contributed by atoms with van der Waals surface area (Å²) in [4.78, 5) is 12.0. The van der Waals surface area contributed by atoms with Gasteiger partial charge in [-0.2, -0.15) is 0 Å². The van der Waals surface area contributed by atoms with Crippen molar-refractivity contribution in [3.63, 3.8) is 0 Å². The van der Waals surface area contributed by atoms with E-state index in [0.717, 1.165) is 16.8 Å². The van der Waals surface area contributed by atoms with Crippen LogP contribution in [0, 0.1) is 13.8 Å². The minimum absolute atomic E-state index is 0.0383. The van der Waals surface area contributed by atoms with Gasteiger partial charge in [-0.1, -0.05) is 35.9 Å². The second-order valence-corrected chi connectivity index (χ2v) is 5.79. The normalized spacial score (nSPS) is 10.5. The van der Waals surface area contributed by atoms with E-state index in [1.54, 1.807) is 6.33 Å². The minimum Gasteiger partial charge on any atom is -0.484 e. The maximum Gasteiger partial charge on any atom is 0.258 e. The predicted octanol–water partition coefficient (Wildman–Crippen LogP) is 2.58. The van der Waals surface area contributed by atoms with Crippen LogP contribution in [0.2, 0.25) is 0 Å². The van der Waals surface area contributed by atoms with E-state index in [0.29, 0.717) is 11.6 Å². The molecular formula is C19H20N4O2. The summed E-state index contributed by atoms with van der Waals surface area (Å²) in [6, 6.07) is 15.6. The summed E-state index contributed by atoms with van der Waals surface area (Å²) in [5.74, 6) is 1.17. The monoisotopic (exact) mass is 336 g/mol. The van der Waals surface area contributed by atoms with Gasteiger partial charge in [0, 0.05) is 5.69 Å². The molecule has 3 rings (SSSR count). The molecule has 1 aromatic heterocycles. The number of hydrogen-bond donors (Lipinski definition) is 1. The summed E-state index contributed by atoms with van der Waals surface area (Å²) in [5.41, 5.74) is 3.12. The van der Waals surface area contributed by atoms with Crippen LogP contribution in [-0.4, -0.2) is 27.3 Å². The number of para-hydroxylation sites is 1. The van der Waals surface area contributed by atoms with Gasteiger partial charge in [0.2, 0.25) is 0 Å². The average molecular weight is 336 g/mol. The van der Waals surface area contributed by atoms with Gasteiger partial charge in [0.15, 0.2) is 12.4 Å². The van der Waals surface area contributed by atoms with Crippen LogP contribution in [0.15, 0.2) is 54.9 Å². The summed E-state index contributed by atoms with van der Waals surface area (Å²) in [7, 11) is 0. The highest BCUT2D eigenvalue weighted by molar-refractivity contribution is 5.77. The summed E-state index contributed by atoms with van der Waals surface area (Å²) in [6.45, 7) is 4.22. The maximum atomic E-state index is 12.0. The van der Waals surface area contributed by atoms with Gasteiger partial charge in [-0.25, -0.2) is 0 Å². The summed E-state index contributed by atoms with van der Waals surface area (Å²) >= 11 is 0. The number of carbonyl (C=O) groups excluding carboxylic acids is 1. The Morgan fingerprint density at radius 3 is 2.72 bits per heavy atom. The zero-order valence-electron chi connectivity index (χ0n) is 14.3. The van der Waals surface area contributed by atoms with Crippen molar-refractivity contribution >= 4 is 5.91 Å². The fraction of sp³-hybridized carbons (Fsp3) is 0.211. The van der Waals surface area contributed by atoms with E-state index in [2.05, 4.69) is 15.5 Å². The Kier molecular flexibility index (Phi) is 5.09. The zero-order chi connectivity index (χ0) is 17.6. The minimum atomic E-state index is -0.206. The number of hydrogen-bond acceptors (Lipinski definition) is 4. The van der Waals surface area contributed by atoms with Gasteiger partial charge >= 0.3 is 0 Å². The van der Waals surface area contributed by atoms with Crippen LogP contribution in [0.25, 0.3) is 5.69 Å². The number of nitrogens with zero attached hydrogens (tertiary/aromatic N) is 3. The molecule has 0 bridgehead atoms. The lowest BCUT2D eigenvalue weighted by Gasteiger charge is -2.10. The highest BCUT2D eigenvalue weighted by Gasteiger charge is 2.09. The molecule has 0 saturated carbocycles. The van der Waals surface area contributed by atoms with E-state index in [-0.39, 0.29) is 19.1 Å². The molecule has 0 aliphatic rings. The Morgan fingerprint density at radius 1 is 1.16 bits per heavy atom. The van der Waals surface area contributed by atoms with Crippen molar-refractivity contribution in [2.45, 2.75) is 20.4 Å². The van der Waals surface area contributed by atoms with Crippen LogP contribution in [0.4, 0.5) is 0 Å². The molecule has 6 nitrogen and oxygen atoms in total. The molecule has 0 aliphatic heterocycles. The van der Waals surface area contributed by atoms with Crippen LogP contribution in [0.1, 0.15) is 17.0 Å². The highest BCUT2D eigenvalue weighted by atomic mass is 16.5. The first-order chi connectivity index (χ1) is 12.1. The molecule has 0 atom stereocenters. The topological polar surface area (TPSA) is 69.0 Å². The fourth-order valence-electron chi connectivity index (χ4n) is 2.52. The molecule has 3 aromatic rings. The smallest absolute Gasteiger partial charge is 0.258 e. The number of amides is 1. The largest absolute Gasteiger partial charge is 0.484 e. The molecule has 0 unspecified atom stereocenters. The molecular weight excluding hydrogens is 316 g/mol. The Labute approximate surface area is 146 Å². The molecule has 1 heterocycles. The third-order valence-corrected chi connectivity index (χ3v) is 3.79. The highest BCUT2D eigenvalue weighted by Crippen LogP contribution is 2.18. The number of carbonyl (C=O) groups is 1. The van der Waals surface area contributed by atoms with Crippen LogP contribution in [0.5, 0.6) is 5.75 Å². The van der Waals surface area contributed by atoms with Crippen LogP contribution < -0.4 is 10.1 Å². The lowest BCUT2D eigenvalue weighted by molar-refractivity contribution is -0.123. The summed E-state index contributed by atoms with van der Waals surface area (Å²) in [6.07, 6.45) is 1.63. The van der Waals surface area contributed by atoms with Gasteiger partial charge in [0.25, 0.3) is 5.91 Å². The van der Waals surface area contributed by atoms with Crippen molar-refractivity contribution in [1.29, 1.82) is 0 Å². The maximum absolute atomic E-state index is 12.0. The fourth-order valence-corrected chi connectivity index (χ4v) is 2.52. The lowest BCUT2D eigenvalue weighted by atomic mass is 10.1. The first-order valence-electron chi connectivity index (χ1n) is 8.04. The number of benzene rings is 2. The molecule has 6 heteroatoms. The molecule has 0 spiro atoms. The number of aromatic nitrogens is 3. The molecule has 128 valence electrons. The molecule has 2 aromatic carbocycles. The van der Waals surface area contributed by atoms with E-state index >= 15 is 0 Å². The third kappa shape index (κ3) is 4.23. The van der Waals surface area contributed by atoms with Crippen molar-refractivity contribution in [3.8, 4) is 11.4 Å². The van der Waals surface area contributed by atoms with Crippen molar-refractivity contribution in [3.05, 3.63) is 71.8 Å². The number of aryl methyl sites for hydroxylation is 2. The molecule has 25 heavy (non-hydrogen) atoms. The summed E-state index contributed by atoms with van der Waals surface area (Å²) < 4.78 is 7.42. The molecule has 1 N–H and O–H groups in total. The van der Waals surface area contributed by atoms with E-state index in [9.17, 15) is 4.79 Å². The first kappa shape index (κ1) is 16.7. The van der Waals surface area contributed by atoms with Crippen LogP contribution >= 0.6 is 0 Å². The Morgan fingerprint density at radius 2 is 1.96 bits per heavy atom. The molecule has 1 amide bonds. The zero-order valence-corrected chi connectivity index (χ0v) is 14.3. The SMILES string of the molecule is Cc1ccc(OCC(=O)NCc2nncn2-c2ccccc2)c(C)c1. The van der Waals surface area contributed by atoms with Crippen molar-refractivity contribution < 1.29 is 9.53 Å². The van der Waals surface area contributed by atoms with Gasteiger partial charge in [-0.3, -0.25) is 9.36 Å². The van der Waals surface area contributed by atoms with Crippen molar-refractivity contribution in [1.82, 2.24) is 20.1 Å². The Bertz CT molecular complexity index is 859. The average Bonchev–Trinajstić information content (AvgIpc) is 3.08. The standard InChI is InChI=1S/C19H20N4O2/c1-14-8-9-17(15(2)10-14)25-12-19(24)20-11-18-22-21-13-23(18)16-6-4-3-5-7-16/h3-10,13H,11-12H2,1-2H3,(H,20,24). The van der Waals surface area contributed by atoms with E-state index in [1.807, 2.05) is 66.9 Å². The van der Waals surface area contributed by atoms with Gasteiger partial charge in [-0.15, -0.1) is 10.2 Å². The van der Waals surface area contributed by atoms with Crippen molar-refractivity contribution in [2.75, 3.05) is 6.61 Å². The predicted molar refractivity (Wildman–Crippen MR) is 94.6 cm³/mol.